The molecule has 28 heavy (non-hydrogen) atoms. The number of anilines is 2. The molecule has 1 aromatic heterocycles. The maximum absolute atomic E-state index is 12.6. The Morgan fingerprint density at radius 3 is 2.64 bits per heavy atom. The number of fused-ring (bicyclic) bond motifs is 1. The SMILES string of the molecule is CCOc1ccccc1NC(=O)c1ccc(N2CCc3ccccc3C2)nc1. The van der Waals surface area contributed by atoms with Crippen LogP contribution in [0.25, 0.3) is 0 Å². The summed E-state index contributed by atoms with van der Waals surface area (Å²) in [6.07, 6.45) is 2.64. The Morgan fingerprint density at radius 2 is 1.86 bits per heavy atom. The maximum atomic E-state index is 12.6. The molecule has 1 aliphatic heterocycles. The lowest BCUT2D eigenvalue weighted by molar-refractivity contribution is 0.102. The van der Waals surface area contributed by atoms with Crippen molar-refractivity contribution in [3.8, 4) is 5.75 Å². The van der Waals surface area contributed by atoms with Crippen molar-refractivity contribution in [3.63, 3.8) is 0 Å². The molecule has 0 saturated heterocycles. The first-order valence-electron chi connectivity index (χ1n) is 9.55. The van der Waals surface area contributed by atoms with E-state index < -0.39 is 0 Å². The van der Waals surface area contributed by atoms with Gasteiger partial charge in [-0.25, -0.2) is 4.98 Å². The van der Waals surface area contributed by atoms with Gasteiger partial charge in [0.15, 0.2) is 0 Å². The molecule has 0 radical (unpaired) electrons. The van der Waals surface area contributed by atoms with Crippen LogP contribution in [-0.4, -0.2) is 24.0 Å². The number of carbonyl (C=O) groups excluding carboxylic acids is 1. The van der Waals surface area contributed by atoms with Crippen LogP contribution in [0.2, 0.25) is 0 Å². The molecule has 4 rings (SSSR count). The fourth-order valence-corrected chi connectivity index (χ4v) is 3.44. The predicted molar refractivity (Wildman–Crippen MR) is 111 cm³/mol. The van der Waals surface area contributed by atoms with E-state index in [2.05, 4.69) is 39.5 Å². The summed E-state index contributed by atoms with van der Waals surface area (Å²) in [5.41, 5.74) is 3.92. The summed E-state index contributed by atoms with van der Waals surface area (Å²) in [6.45, 7) is 4.23. The van der Waals surface area contributed by atoms with Crippen molar-refractivity contribution in [1.29, 1.82) is 0 Å². The number of ether oxygens (including phenoxy) is 1. The number of amides is 1. The third-order valence-electron chi connectivity index (χ3n) is 4.90. The van der Waals surface area contributed by atoms with Gasteiger partial charge in [-0.15, -0.1) is 0 Å². The zero-order valence-electron chi connectivity index (χ0n) is 15.9. The number of para-hydroxylation sites is 2. The lowest BCUT2D eigenvalue weighted by Crippen LogP contribution is -2.31. The van der Waals surface area contributed by atoms with Crippen LogP contribution >= 0.6 is 0 Å². The first kappa shape index (κ1) is 18.0. The van der Waals surface area contributed by atoms with Gasteiger partial charge in [-0.3, -0.25) is 4.79 Å². The molecule has 1 N–H and O–H groups in total. The zero-order valence-corrected chi connectivity index (χ0v) is 15.9. The van der Waals surface area contributed by atoms with Crippen LogP contribution in [0.15, 0.2) is 66.9 Å². The molecular formula is C23H23N3O2. The predicted octanol–water partition coefficient (Wildman–Crippen LogP) is 4.30. The fraction of sp³-hybridized carbons (Fsp3) is 0.217. The van der Waals surface area contributed by atoms with E-state index >= 15 is 0 Å². The van der Waals surface area contributed by atoms with E-state index in [4.69, 9.17) is 4.74 Å². The second kappa shape index (κ2) is 8.13. The lowest BCUT2D eigenvalue weighted by atomic mass is 10.00. The quantitative estimate of drug-likeness (QED) is 0.725. The average molecular weight is 373 g/mol. The number of nitrogens with one attached hydrogen (secondary N) is 1. The summed E-state index contributed by atoms with van der Waals surface area (Å²) < 4.78 is 5.56. The van der Waals surface area contributed by atoms with Crippen molar-refractivity contribution in [1.82, 2.24) is 4.98 Å². The number of benzene rings is 2. The third kappa shape index (κ3) is 3.83. The first-order valence-corrected chi connectivity index (χ1v) is 9.55. The summed E-state index contributed by atoms with van der Waals surface area (Å²) in [5.74, 6) is 1.35. The average Bonchev–Trinajstić information content (AvgIpc) is 2.75. The van der Waals surface area contributed by atoms with E-state index in [1.54, 1.807) is 6.20 Å². The molecule has 1 aliphatic rings. The van der Waals surface area contributed by atoms with Gasteiger partial charge < -0.3 is 15.0 Å². The molecule has 5 heteroatoms. The molecule has 0 unspecified atom stereocenters. The standard InChI is InChI=1S/C23H23N3O2/c1-2-28-21-10-6-5-9-20(21)25-23(27)18-11-12-22(24-15-18)26-14-13-17-7-3-4-8-19(17)16-26/h3-12,15H,2,13-14,16H2,1H3,(H,25,27). The van der Waals surface area contributed by atoms with E-state index in [1.807, 2.05) is 43.3 Å². The molecule has 1 amide bonds. The molecule has 142 valence electrons. The maximum Gasteiger partial charge on any atom is 0.257 e. The summed E-state index contributed by atoms with van der Waals surface area (Å²) in [5, 5.41) is 2.91. The zero-order chi connectivity index (χ0) is 19.3. The normalized spacial score (nSPS) is 13.0. The molecular weight excluding hydrogens is 350 g/mol. The highest BCUT2D eigenvalue weighted by molar-refractivity contribution is 6.04. The van der Waals surface area contributed by atoms with Crippen molar-refractivity contribution >= 4 is 17.4 Å². The molecule has 3 aromatic rings. The van der Waals surface area contributed by atoms with Gasteiger partial charge in [0.1, 0.15) is 11.6 Å². The number of nitrogens with zero attached hydrogens (tertiary/aromatic N) is 2. The van der Waals surface area contributed by atoms with Crippen molar-refractivity contribution in [2.24, 2.45) is 0 Å². The van der Waals surface area contributed by atoms with Crippen LogP contribution in [-0.2, 0) is 13.0 Å². The number of aromatic nitrogens is 1. The van der Waals surface area contributed by atoms with Crippen LogP contribution in [0.1, 0.15) is 28.4 Å². The Hall–Kier alpha value is -3.34. The second-order valence-electron chi connectivity index (χ2n) is 6.73. The molecule has 2 aromatic carbocycles. The molecule has 0 aliphatic carbocycles. The molecule has 0 fully saturated rings. The van der Waals surface area contributed by atoms with E-state index in [0.29, 0.717) is 23.6 Å². The largest absolute Gasteiger partial charge is 0.492 e. The van der Waals surface area contributed by atoms with Crippen LogP contribution in [0, 0.1) is 0 Å². The Bertz CT molecular complexity index is 970. The molecule has 5 nitrogen and oxygen atoms in total. The van der Waals surface area contributed by atoms with Gasteiger partial charge in [0.25, 0.3) is 5.91 Å². The minimum Gasteiger partial charge on any atom is -0.492 e. The van der Waals surface area contributed by atoms with Gasteiger partial charge in [0.2, 0.25) is 0 Å². The summed E-state index contributed by atoms with van der Waals surface area (Å²) >= 11 is 0. The molecule has 0 atom stereocenters. The van der Waals surface area contributed by atoms with Gasteiger partial charge in [0.05, 0.1) is 17.9 Å². The minimum absolute atomic E-state index is 0.199. The van der Waals surface area contributed by atoms with Gasteiger partial charge in [0, 0.05) is 19.3 Å². The Balaban J connectivity index is 1.46. The highest BCUT2D eigenvalue weighted by Crippen LogP contribution is 2.25. The minimum atomic E-state index is -0.199. The molecule has 2 heterocycles. The van der Waals surface area contributed by atoms with Crippen LogP contribution < -0.4 is 15.0 Å². The highest BCUT2D eigenvalue weighted by atomic mass is 16.5. The monoisotopic (exact) mass is 373 g/mol. The Kier molecular flexibility index (Phi) is 5.24. The highest BCUT2D eigenvalue weighted by Gasteiger charge is 2.17. The van der Waals surface area contributed by atoms with Gasteiger partial charge in [-0.05, 0) is 48.7 Å². The van der Waals surface area contributed by atoms with E-state index in [-0.39, 0.29) is 5.91 Å². The number of carbonyl (C=O) groups is 1. The van der Waals surface area contributed by atoms with Crippen LogP contribution in [0.4, 0.5) is 11.5 Å². The van der Waals surface area contributed by atoms with Crippen molar-refractivity contribution in [2.45, 2.75) is 19.9 Å². The number of pyridine rings is 1. The fourth-order valence-electron chi connectivity index (χ4n) is 3.44. The van der Waals surface area contributed by atoms with Crippen LogP contribution in [0.3, 0.4) is 0 Å². The second-order valence-corrected chi connectivity index (χ2v) is 6.73. The Morgan fingerprint density at radius 1 is 1.07 bits per heavy atom. The van der Waals surface area contributed by atoms with Gasteiger partial charge in [-0.2, -0.15) is 0 Å². The first-order chi connectivity index (χ1) is 13.7. The molecule has 0 saturated carbocycles. The molecule has 0 spiro atoms. The van der Waals surface area contributed by atoms with Crippen molar-refractivity contribution in [3.05, 3.63) is 83.6 Å². The van der Waals surface area contributed by atoms with Crippen molar-refractivity contribution in [2.75, 3.05) is 23.4 Å². The summed E-state index contributed by atoms with van der Waals surface area (Å²) in [7, 11) is 0. The molecule has 0 bridgehead atoms. The van der Waals surface area contributed by atoms with E-state index in [9.17, 15) is 4.79 Å². The van der Waals surface area contributed by atoms with Crippen molar-refractivity contribution < 1.29 is 9.53 Å². The lowest BCUT2D eigenvalue weighted by Gasteiger charge is -2.29. The summed E-state index contributed by atoms with van der Waals surface area (Å²) in [6, 6.07) is 19.7. The number of rotatable bonds is 5. The number of hydrogen-bond acceptors (Lipinski definition) is 4. The topological polar surface area (TPSA) is 54.5 Å². The smallest absolute Gasteiger partial charge is 0.257 e. The van der Waals surface area contributed by atoms with Gasteiger partial charge >= 0.3 is 0 Å². The third-order valence-corrected chi connectivity index (χ3v) is 4.90. The summed E-state index contributed by atoms with van der Waals surface area (Å²) in [4.78, 5) is 19.4. The van der Waals surface area contributed by atoms with Crippen LogP contribution in [0.5, 0.6) is 5.75 Å². The van der Waals surface area contributed by atoms with E-state index in [1.165, 1.54) is 11.1 Å². The Labute approximate surface area is 165 Å². The van der Waals surface area contributed by atoms with E-state index in [0.717, 1.165) is 25.3 Å². The van der Waals surface area contributed by atoms with Gasteiger partial charge in [-0.1, -0.05) is 36.4 Å². The number of hydrogen-bond donors (Lipinski definition) is 1.